The second-order valence-electron chi connectivity index (χ2n) is 6.34. The van der Waals surface area contributed by atoms with Crippen LogP contribution in [0.3, 0.4) is 0 Å². The third-order valence-corrected chi connectivity index (χ3v) is 4.22. The molecule has 2 aromatic carbocycles. The lowest BCUT2D eigenvalue weighted by Gasteiger charge is -2.09. The zero-order valence-electron chi connectivity index (χ0n) is 14.3. The SMILES string of the molecule is CC(C)C(=O)NCCNC(=O)c1ccc2c(c1)C(=O)c1ccccc1-2. The fourth-order valence-electron chi connectivity index (χ4n) is 2.84. The molecule has 128 valence electrons. The number of fused-ring (bicyclic) bond motifs is 3. The van der Waals surface area contributed by atoms with E-state index in [9.17, 15) is 14.4 Å². The highest BCUT2D eigenvalue weighted by Crippen LogP contribution is 2.36. The van der Waals surface area contributed by atoms with Gasteiger partial charge in [-0.05, 0) is 23.3 Å². The van der Waals surface area contributed by atoms with E-state index in [1.54, 1.807) is 18.2 Å². The van der Waals surface area contributed by atoms with Gasteiger partial charge in [-0.2, -0.15) is 0 Å². The largest absolute Gasteiger partial charge is 0.354 e. The van der Waals surface area contributed by atoms with Crippen LogP contribution >= 0.6 is 0 Å². The summed E-state index contributed by atoms with van der Waals surface area (Å²) >= 11 is 0. The van der Waals surface area contributed by atoms with Crippen molar-refractivity contribution in [2.24, 2.45) is 5.92 Å². The molecule has 2 N–H and O–H groups in total. The fourth-order valence-corrected chi connectivity index (χ4v) is 2.84. The zero-order valence-corrected chi connectivity index (χ0v) is 14.3. The number of hydrogen-bond acceptors (Lipinski definition) is 3. The van der Waals surface area contributed by atoms with Crippen molar-refractivity contribution in [3.8, 4) is 11.1 Å². The first-order chi connectivity index (χ1) is 12.0. The summed E-state index contributed by atoms with van der Waals surface area (Å²) in [6.07, 6.45) is 0. The maximum Gasteiger partial charge on any atom is 0.251 e. The molecule has 2 aromatic rings. The summed E-state index contributed by atoms with van der Waals surface area (Å²) in [6, 6.07) is 12.6. The quantitative estimate of drug-likeness (QED) is 0.703. The van der Waals surface area contributed by atoms with Crippen LogP contribution in [-0.4, -0.2) is 30.7 Å². The lowest BCUT2D eigenvalue weighted by Crippen LogP contribution is -2.36. The monoisotopic (exact) mass is 336 g/mol. The first kappa shape index (κ1) is 16.9. The number of ketones is 1. The summed E-state index contributed by atoms with van der Waals surface area (Å²) in [4.78, 5) is 36.2. The number of carbonyl (C=O) groups is 3. The van der Waals surface area contributed by atoms with Crippen LogP contribution in [0.25, 0.3) is 11.1 Å². The number of benzene rings is 2. The Hall–Kier alpha value is -2.95. The van der Waals surface area contributed by atoms with Crippen LogP contribution in [0.1, 0.15) is 40.1 Å². The van der Waals surface area contributed by atoms with Gasteiger partial charge in [0.25, 0.3) is 5.91 Å². The molecule has 0 aromatic heterocycles. The van der Waals surface area contributed by atoms with Crippen molar-refractivity contribution >= 4 is 17.6 Å². The summed E-state index contributed by atoms with van der Waals surface area (Å²) in [5.74, 6) is -0.440. The van der Waals surface area contributed by atoms with Gasteiger partial charge in [0.2, 0.25) is 5.91 Å². The van der Waals surface area contributed by atoms with Gasteiger partial charge in [0.1, 0.15) is 0 Å². The van der Waals surface area contributed by atoms with Crippen LogP contribution < -0.4 is 10.6 Å². The Morgan fingerprint density at radius 3 is 2.24 bits per heavy atom. The summed E-state index contributed by atoms with van der Waals surface area (Å²) < 4.78 is 0. The average Bonchev–Trinajstić information content (AvgIpc) is 2.91. The standard InChI is InChI=1S/C20H20N2O3/c1-12(2)19(24)21-9-10-22-20(25)13-7-8-15-14-5-3-4-6-16(14)18(23)17(15)11-13/h3-8,11-12H,9-10H2,1-2H3,(H,21,24)(H,22,25). The summed E-state index contributed by atoms with van der Waals surface area (Å²) in [5.41, 5.74) is 3.44. The van der Waals surface area contributed by atoms with Gasteiger partial charge in [0.05, 0.1) is 0 Å². The zero-order chi connectivity index (χ0) is 18.0. The molecule has 2 amide bonds. The molecular formula is C20H20N2O3. The maximum atomic E-state index is 12.5. The Balaban J connectivity index is 1.66. The topological polar surface area (TPSA) is 75.3 Å². The van der Waals surface area contributed by atoms with Crippen LogP contribution in [0, 0.1) is 5.92 Å². The van der Waals surface area contributed by atoms with Crippen LogP contribution in [0.5, 0.6) is 0 Å². The van der Waals surface area contributed by atoms with E-state index >= 15 is 0 Å². The minimum atomic E-state index is -0.259. The molecule has 5 nitrogen and oxygen atoms in total. The summed E-state index contributed by atoms with van der Waals surface area (Å²) in [6.45, 7) is 4.33. The van der Waals surface area contributed by atoms with Crippen molar-refractivity contribution in [2.45, 2.75) is 13.8 Å². The van der Waals surface area contributed by atoms with Gasteiger partial charge >= 0.3 is 0 Å². The Morgan fingerprint density at radius 1 is 0.880 bits per heavy atom. The Kier molecular flexibility index (Phi) is 4.65. The Morgan fingerprint density at radius 2 is 1.52 bits per heavy atom. The van der Waals surface area contributed by atoms with E-state index in [1.807, 2.05) is 38.1 Å². The van der Waals surface area contributed by atoms with E-state index in [4.69, 9.17) is 0 Å². The van der Waals surface area contributed by atoms with Gasteiger partial charge < -0.3 is 10.6 Å². The predicted octanol–water partition coefficient (Wildman–Crippen LogP) is 2.40. The molecule has 0 radical (unpaired) electrons. The molecule has 3 rings (SSSR count). The lowest BCUT2D eigenvalue weighted by atomic mass is 10.0. The molecule has 0 heterocycles. The molecule has 1 aliphatic carbocycles. The molecule has 0 saturated heterocycles. The van der Waals surface area contributed by atoms with Gasteiger partial charge in [-0.15, -0.1) is 0 Å². The van der Waals surface area contributed by atoms with Gasteiger partial charge in [0.15, 0.2) is 5.78 Å². The minimum Gasteiger partial charge on any atom is -0.354 e. The van der Waals surface area contributed by atoms with Crippen molar-refractivity contribution in [3.63, 3.8) is 0 Å². The lowest BCUT2D eigenvalue weighted by molar-refractivity contribution is -0.123. The second-order valence-corrected chi connectivity index (χ2v) is 6.34. The van der Waals surface area contributed by atoms with Crippen molar-refractivity contribution in [3.05, 3.63) is 59.2 Å². The fraction of sp³-hybridized carbons (Fsp3) is 0.250. The number of amides is 2. The first-order valence-corrected chi connectivity index (χ1v) is 8.33. The number of nitrogens with one attached hydrogen (secondary N) is 2. The molecular weight excluding hydrogens is 316 g/mol. The van der Waals surface area contributed by atoms with Crippen LogP contribution in [0.15, 0.2) is 42.5 Å². The molecule has 0 fully saturated rings. The van der Waals surface area contributed by atoms with Crippen molar-refractivity contribution in [1.82, 2.24) is 10.6 Å². The predicted molar refractivity (Wildman–Crippen MR) is 95.5 cm³/mol. The Labute approximate surface area is 146 Å². The Bertz CT molecular complexity index is 856. The third kappa shape index (κ3) is 3.31. The van der Waals surface area contributed by atoms with Gasteiger partial charge in [-0.3, -0.25) is 14.4 Å². The normalized spacial score (nSPS) is 11.9. The number of rotatable bonds is 5. The maximum absolute atomic E-state index is 12.5. The minimum absolute atomic E-state index is 0.0462. The first-order valence-electron chi connectivity index (χ1n) is 8.33. The highest BCUT2D eigenvalue weighted by atomic mass is 16.2. The molecule has 25 heavy (non-hydrogen) atoms. The third-order valence-electron chi connectivity index (χ3n) is 4.22. The molecule has 0 saturated carbocycles. The molecule has 0 bridgehead atoms. The van der Waals surface area contributed by atoms with E-state index in [0.29, 0.717) is 29.8 Å². The van der Waals surface area contributed by atoms with E-state index < -0.39 is 0 Å². The molecule has 0 spiro atoms. The van der Waals surface area contributed by atoms with Crippen LogP contribution in [0.4, 0.5) is 0 Å². The van der Waals surface area contributed by atoms with E-state index in [2.05, 4.69) is 10.6 Å². The van der Waals surface area contributed by atoms with Crippen molar-refractivity contribution in [1.29, 1.82) is 0 Å². The molecule has 0 unspecified atom stereocenters. The van der Waals surface area contributed by atoms with Crippen molar-refractivity contribution < 1.29 is 14.4 Å². The molecule has 5 heteroatoms. The van der Waals surface area contributed by atoms with E-state index in [1.165, 1.54) is 0 Å². The summed E-state index contributed by atoms with van der Waals surface area (Å²) in [5, 5.41) is 5.50. The van der Waals surface area contributed by atoms with E-state index in [-0.39, 0.29) is 23.5 Å². The highest BCUT2D eigenvalue weighted by Gasteiger charge is 2.26. The van der Waals surface area contributed by atoms with Gasteiger partial charge in [-0.25, -0.2) is 0 Å². The van der Waals surface area contributed by atoms with Crippen molar-refractivity contribution in [2.75, 3.05) is 13.1 Å². The van der Waals surface area contributed by atoms with Crippen LogP contribution in [-0.2, 0) is 4.79 Å². The number of hydrogen-bond donors (Lipinski definition) is 2. The molecule has 1 aliphatic rings. The van der Waals surface area contributed by atoms with Crippen LogP contribution in [0.2, 0.25) is 0 Å². The average molecular weight is 336 g/mol. The highest BCUT2D eigenvalue weighted by molar-refractivity contribution is 6.22. The summed E-state index contributed by atoms with van der Waals surface area (Å²) in [7, 11) is 0. The number of carbonyl (C=O) groups excluding carboxylic acids is 3. The second kappa shape index (κ2) is 6.89. The molecule has 0 atom stereocenters. The van der Waals surface area contributed by atoms with Gasteiger partial charge in [-0.1, -0.05) is 44.2 Å². The smallest absolute Gasteiger partial charge is 0.251 e. The molecule has 0 aliphatic heterocycles. The van der Waals surface area contributed by atoms with E-state index in [0.717, 1.165) is 11.1 Å². The van der Waals surface area contributed by atoms with Gasteiger partial charge in [0, 0.05) is 35.7 Å².